The van der Waals surface area contributed by atoms with Crippen molar-refractivity contribution in [2.75, 3.05) is 12.6 Å². The van der Waals surface area contributed by atoms with Crippen molar-refractivity contribution in [3.05, 3.63) is 144 Å². The monoisotopic (exact) mass is 484 g/mol. The molecular weight excluding hydrogens is 451 g/mol. The molecule has 0 heterocycles. The zero-order valence-corrected chi connectivity index (χ0v) is 20.9. The van der Waals surface area contributed by atoms with Crippen molar-refractivity contribution in [3.63, 3.8) is 0 Å². The topological polar surface area (TPSA) is 43.8 Å². The summed E-state index contributed by atoms with van der Waals surface area (Å²) in [4.78, 5) is 15.4. The molecule has 0 spiro atoms. The van der Waals surface area contributed by atoms with Gasteiger partial charge in [0.2, 0.25) is 7.37 Å². The van der Waals surface area contributed by atoms with E-state index in [1.807, 2.05) is 72.8 Å². The van der Waals surface area contributed by atoms with E-state index in [4.69, 9.17) is 0 Å². The molecule has 0 aromatic heterocycles. The molecule has 35 heavy (non-hydrogen) atoms. The Morgan fingerprint density at radius 1 is 0.457 bits per heavy atom. The number of rotatable bonds is 12. The lowest BCUT2D eigenvalue weighted by Crippen LogP contribution is -2.29. The third kappa shape index (κ3) is 8.61. The zero-order chi connectivity index (χ0) is 24.3. The fourth-order valence-electron chi connectivity index (χ4n) is 4.35. The fourth-order valence-corrected chi connectivity index (χ4v) is 6.09. The van der Waals surface area contributed by atoms with E-state index < -0.39 is 7.37 Å². The summed E-state index contributed by atoms with van der Waals surface area (Å²) in [5, 5.41) is 0. The molecule has 4 aromatic rings. The third-order valence-electron chi connectivity index (χ3n) is 5.84. The van der Waals surface area contributed by atoms with Gasteiger partial charge in [-0.2, -0.15) is 0 Å². The van der Waals surface area contributed by atoms with Gasteiger partial charge < -0.3 is 4.89 Å². The predicted molar refractivity (Wildman–Crippen MR) is 144 cm³/mol. The summed E-state index contributed by atoms with van der Waals surface area (Å²) in [6.07, 6.45) is 0.272. The lowest BCUT2D eigenvalue weighted by atomic mass is 10.2. The Bertz CT molecular complexity index is 1010. The van der Waals surface area contributed by atoms with E-state index in [9.17, 15) is 9.46 Å². The molecule has 0 atom stereocenters. The lowest BCUT2D eigenvalue weighted by Gasteiger charge is -2.29. The van der Waals surface area contributed by atoms with E-state index in [0.29, 0.717) is 26.2 Å². The first kappa shape index (κ1) is 25.1. The standard InChI is InChI=1S/C30H33N2O2P/c33-35(34,25-31(21-27-13-5-1-6-14-27)22-28-15-7-2-8-16-28)26-32(23-29-17-9-3-10-18-29)24-30-19-11-4-12-20-30/h1-20H,21-26H2,(H,33,34). The summed E-state index contributed by atoms with van der Waals surface area (Å²) < 4.78 is 13.7. The smallest absolute Gasteiger partial charge is 0.227 e. The highest BCUT2D eigenvalue weighted by Gasteiger charge is 2.26. The minimum absolute atomic E-state index is 0.136. The molecule has 180 valence electrons. The molecule has 0 aliphatic rings. The number of benzene rings is 4. The zero-order valence-electron chi connectivity index (χ0n) is 20.0. The highest BCUT2D eigenvalue weighted by atomic mass is 31.2. The first-order chi connectivity index (χ1) is 17.1. The van der Waals surface area contributed by atoms with Crippen LogP contribution < -0.4 is 0 Å². The van der Waals surface area contributed by atoms with Crippen LogP contribution >= 0.6 is 7.37 Å². The first-order valence-corrected chi connectivity index (χ1v) is 14.0. The van der Waals surface area contributed by atoms with Crippen LogP contribution in [-0.4, -0.2) is 27.3 Å². The second-order valence-corrected chi connectivity index (χ2v) is 11.3. The van der Waals surface area contributed by atoms with Crippen molar-refractivity contribution in [2.45, 2.75) is 26.2 Å². The van der Waals surface area contributed by atoms with Gasteiger partial charge in [-0.3, -0.25) is 14.4 Å². The molecular formula is C30H33N2O2P. The highest BCUT2D eigenvalue weighted by Crippen LogP contribution is 2.43. The highest BCUT2D eigenvalue weighted by molar-refractivity contribution is 7.57. The van der Waals surface area contributed by atoms with Crippen molar-refractivity contribution in [1.82, 2.24) is 9.80 Å². The van der Waals surface area contributed by atoms with Crippen molar-refractivity contribution in [3.8, 4) is 0 Å². The maximum atomic E-state index is 13.7. The van der Waals surface area contributed by atoms with Gasteiger partial charge in [-0.1, -0.05) is 121 Å². The van der Waals surface area contributed by atoms with Gasteiger partial charge in [0, 0.05) is 26.2 Å². The summed E-state index contributed by atoms with van der Waals surface area (Å²) in [5.41, 5.74) is 4.53. The average Bonchev–Trinajstić information content (AvgIpc) is 2.86. The van der Waals surface area contributed by atoms with Gasteiger partial charge >= 0.3 is 0 Å². The molecule has 0 aliphatic carbocycles. The number of hydrogen-bond acceptors (Lipinski definition) is 3. The van der Waals surface area contributed by atoms with Crippen LogP contribution in [-0.2, 0) is 30.7 Å². The largest absolute Gasteiger partial charge is 0.343 e. The van der Waals surface area contributed by atoms with Crippen molar-refractivity contribution in [2.24, 2.45) is 0 Å². The van der Waals surface area contributed by atoms with Gasteiger partial charge in [-0.25, -0.2) is 0 Å². The van der Waals surface area contributed by atoms with Crippen molar-refractivity contribution in [1.29, 1.82) is 0 Å². The van der Waals surface area contributed by atoms with Gasteiger partial charge in [0.25, 0.3) is 0 Å². The van der Waals surface area contributed by atoms with E-state index in [1.165, 1.54) is 0 Å². The van der Waals surface area contributed by atoms with E-state index in [1.54, 1.807) is 0 Å². The predicted octanol–water partition coefficient (Wildman–Crippen LogP) is 6.58. The van der Waals surface area contributed by atoms with Crippen LogP contribution in [0.1, 0.15) is 22.3 Å². The molecule has 4 aromatic carbocycles. The molecule has 0 bridgehead atoms. The van der Waals surface area contributed by atoms with Crippen LogP contribution in [0.5, 0.6) is 0 Å². The summed E-state index contributed by atoms with van der Waals surface area (Å²) in [6.45, 7) is 2.49. The third-order valence-corrected chi connectivity index (χ3v) is 7.52. The molecule has 0 radical (unpaired) electrons. The number of nitrogens with zero attached hydrogens (tertiary/aromatic N) is 2. The van der Waals surface area contributed by atoms with E-state index >= 15 is 0 Å². The van der Waals surface area contributed by atoms with Crippen LogP contribution in [0.4, 0.5) is 0 Å². The van der Waals surface area contributed by atoms with Crippen LogP contribution in [0.2, 0.25) is 0 Å². The molecule has 0 amide bonds. The molecule has 0 fully saturated rings. The Hall–Kier alpha value is -3.01. The van der Waals surface area contributed by atoms with Crippen molar-refractivity contribution >= 4 is 7.37 Å². The second-order valence-electron chi connectivity index (χ2n) is 9.05. The van der Waals surface area contributed by atoms with Gasteiger partial charge in [-0.15, -0.1) is 0 Å². The van der Waals surface area contributed by atoms with E-state index in [0.717, 1.165) is 22.3 Å². The molecule has 5 heteroatoms. The normalized spacial score (nSPS) is 11.7. The second kappa shape index (κ2) is 12.6. The minimum atomic E-state index is -3.50. The fraction of sp³-hybridized carbons (Fsp3) is 0.200. The quantitative estimate of drug-likeness (QED) is 0.231. The van der Waals surface area contributed by atoms with Crippen LogP contribution in [0.25, 0.3) is 0 Å². The molecule has 0 saturated heterocycles. The Kier molecular flexibility index (Phi) is 9.05. The Morgan fingerprint density at radius 3 is 0.914 bits per heavy atom. The SMILES string of the molecule is O=P(O)(CN(Cc1ccccc1)Cc1ccccc1)CN(Cc1ccccc1)Cc1ccccc1. The van der Waals surface area contributed by atoms with Gasteiger partial charge in [0.1, 0.15) is 0 Å². The lowest BCUT2D eigenvalue weighted by molar-refractivity contribution is 0.260. The Labute approximate surface area is 208 Å². The van der Waals surface area contributed by atoms with Gasteiger partial charge in [-0.05, 0) is 22.3 Å². The molecule has 0 saturated carbocycles. The molecule has 4 nitrogen and oxygen atoms in total. The van der Waals surface area contributed by atoms with Crippen LogP contribution in [0.3, 0.4) is 0 Å². The summed E-state index contributed by atoms with van der Waals surface area (Å²) in [7, 11) is -3.50. The average molecular weight is 485 g/mol. The number of hydrogen-bond donors (Lipinski definition) is 1. The van der Waals surface area contributed by atoms with Crippen LogP contribution in [0, 0.1) is 0 Å². The Balaban J connectivity index is 1.51. The van der Waals surface area contributed by atoms with E-state index in [2.05, 4.69) is 58.3 Å². The Morgan fingerprint density at radius 2 is 0.686 bits per heavy atom. The summed E-state index contributed by atoms with van der Waals surface area (Å²) in [6, 6.07) is 40.6. The first-order valence-electron chi connectivity index (χ1n) is 12.0. The van der Waals surface area contributed by atoms with Gasteiger partial charge in [0.15, 0.2) is 0 Å². The van der Waals surface area contributed by atoms with Crippen molar-refractivity contribution < 1.29 is 9.46 Å². The van der Waals surface area contributed by atoms with Crippen LogP contribution in [0.15, 0.2) is 121 Å². The molecule has 4 rings (SSSR count). The molecule has 0 aliphatic heterocycles. The summed E-state index contributed by atoms with van der Waals surface area (Å²) >= 11 is 0. The van der Waals surface area contributed by atoms with Gasteiger partial charge in [0.05, 0.1) is 12.6 Å². The maximum absolute atomic E-state index is 13.7. The summed E-state index contributed by atoms with van der Waals surface area (Å²) in [5.74, 6) is 0. The van der Waals surface area contributed by atoms with E-state index in [-0.39, 0.29) is 12.6 Å². The molecule has 0 unspecified atom stereocenters. The molecule has 1 N–H and O–H groups in total. The maximum Gasteiger partial charge on any atom is 0.227 e. The minimum Gasteiger partial charge on any atom is -0.343 e.